The molecule has 1 aliphatic carbocycles. The summed E-state index contributed by atoms with van der Waals surface area (Å²) in [7, 11) is 0. The number of fused-ring (bicyclic) bond motifs is 4. The van der Waals surface area contributed by atoms with Crippen molar-refractivity contribution in [1.29, 1.82) is 0 Å². The van der Waals surface area contributed by atoms with Gasteiger partial charge in [-0.1, -0.05) is 140 Å². The molecular formula is C45H34N2. The summed E-state index contributed by atoms with van der Waals surface area (Å²) in [5.74, 6) is 0. The number of hydrogen-bond acceptors (Lipinski definition) is 1. The fourth-order valence-corrected chi connectivity index (χ4v) is 6.70. The second-order valence-electron chi connectivity index (χ2n) is 11.8. The summed E-state index contributed by atoms with van der Waals surface area (Å²) in [6, 6.07) is 52.1. The van der Waals surface area contributed by atoms with Crippen molar-refractivity contribution < 1.29 is 0 Å². The van der Waals surface area contributed by atoms with Crippen LogP contribution in [0.15, 0.2) is 183 Å². The molecule has 1 heterocycles. The van der Waals surface area contributed by atoms with Crippen molar-refractivity contribution in [3.05, 3.63) is 194 Å². The normalized spacial score (nSPS) is 14.9. The first kappa shape index (κ1) is 28.4. The van der Waals surface area contributed by atoms with E-state index >= 15 is 0 Å². The molecule has 224 valence electrons. The third kappa shape index (κ3) is 5.30. The highest BCUT2D eigenvalue weighted by Crippen LogP contribution is 2.40. The van der Waals surface area contributed by atoms with E-state index in [-0.39, 0.29) is 0 Å². The molecule has 2 heteroatoms. The lowest BCUT2D eigenvalue weighted by molar-refractivity contribution is 1.10. The fourth-order valence-electron chi connectivity index (χ4n) is 6.70. The van der Waals surface area contributed by atoms with Gasteiger partial charge < -0.3 is 9.47 Å². The Labute approximate surface area is 276 Å². The zero-order valence-electron chi connectivity index (χ0n) is 26.1. The average Bonchev–Trinajstić information content (AvgIpc) is 3.46. The summed E-state index contributed by atoms with van der Waals surface area (Å²) in [5.41, 5.74) is 11.4. The van der Waals surface area contributed by atoms with Gasteiger partial charge >= 0.3 is 0 Å². The minimum absolute atomic E-state index is 0.897. The molecule has 8 rings (SSSR count). The summed E-state index contributed by atoms with van der Waals surface area (Å²) < 4.78 is 2.35. The van der Waals surface area contributed by atoms with Crippen molar-refractivity contribution in [2.24, 2.45) is 0 Å². The van der Waals surface area contributed by atoms with E-state index in [2.05, 4.69) is 198 Å². The van der Waals surface area contributed by atoms with Gasteiger partial charge in [0.15, 0.2) is 0 Å². The second kappa shape index (κ2) is 12.3. The molecule has 0 saturated carbocycles. The molecule has 0 amide bonds. The van der Waals surface area contributed by atoms with Gasteiger partial charge in [-0.05, 0) is 77.0 Å². The van der Waals surface area contributed by atoms with E-state index in [9.17, 15) is 0 Å². The third-order valence-electron chi connectivity index (χ3n) is 8.93. The maximum atomic E-state index is 4.48. The van der Waals surface area contributed by atoms with Gasteiger partial charge in [-0.2, -0.15) is 0 Å². The molecule has 1 aliphatic rings. The molecule has 0 bridgehead atoms. The van der Waals surface area contributed by atoms with Crippen molar-refractivity contribution in [2.75, 3.05) is 4.90 Å². The first-order chi connectivity index (χ1) is 23.3. The Balaban J connectivity index is 1.17. The zero-order valence-corrected chi connectivity index (χ0v) is 26.1. The number of anilines is 3. The molecule has 0 aliphatic heterocycles. The molecule has 2 nitrogen and oxygen atoms in total. The standard InChI is InChI=1S/C45H34N2/c1-33-15-6-3-2-4-9-22-42-41-21-12-13-23-44(41)47(45(33)42)39-31-27-35(28-32-39)34-25-29-38(30-26-34)46(37-18-7-5-8-19-37)43-24-14-17-36-16-10-11-20-40(36)43/h2-3,5-32H,1,4H2/b3-2-,15-6-,22-9-. The lowest BCUT2D eigenvalue weighted by Gasteiger charge is -2.27. The van der Waals surface area contributed by atoms with Gasteiger partial charge in [-0.25, -0.2) is 0 Å². The summed E-state index contributed by atoms with van der Waals surface area (Å²) in [6.45, 7) is 4.48. The fraction of sp³-hybridized carbons (Fsp3) is 0.0222. The van der Waals surface area contributed by atoms with Crippen molar-refractivity contribution in [3.63, 3.8) is 0 Å². The van der Waals surface area contributed by atoms with Crippen LogP contribution < -0.4 is 4.90 Å². The van der Waals surface area contributed by atoms with E-state index in [1.54, 1.807) is 0 Å². The van der Waals surface area contributed by atoms with Crippen LogP contribution in [0.4, 0.5) is 17.1 Å². The van der Waals surface area contributed by atoms with Gasteiger partial charge in [0, 0.05) is 33.4 Å². The molecule has 0 atom stereocenters. The largest absolute Gasteiger partial charge is 0.310 e. The highest BCUT2D eigenvalue weighted by atomic mass is 15.1. The van der Waals surface area contributed by atoms with Crippen molar-refractivity contribution in [2.45, 2.75) is 6.42 Å². The molecule has 0 N–H and O–H groups in total. The Morgan fingerprint density at radius 3 is 2.00 bits per heavy atom. The summed E-state index contributed by atoms with van der Waals surface area (Å²) >= 11 is 0. The number of rotatable bonds is 5. The lowest BCUT2D eigenvalue weighted by Crippen LogP contribution is -2.10. The number of nitrogens with zero attached hydrogens (tertiary/aromatic N) is 2. The molecule has 47 heavy (non-hydrogen) atoms. The number of benzene rings is 6. The maximum Gasteiger partial charge on any atom is 0.0607 e. The third-order valence-corrected chi connectivity index (χ3v) is 8.93. The molecule has 0 unspecified atom stereocenters. The van der Waals surface area contributed by atoms with E-state index in [0.29, 0.717) is 0 Å². The van der Waals surface area contributed by atoms with Crippen LogP contribution in [-0.2, 0) is 0 Å². The van der Waals surface area contributed by atoms with Gasteiger partial charge in [0.05, 0.1) is 16.9 Å². The quantitative estimate of drug-likeness (QED) is 0.190. The van der Waals surface area contributed by atoms with Crippen molar-refractivity contribution in [3.8, 4) is 16.8 Å². The Hall–Kier alpha value is -6.12. The number of hydrogen-bond donors (Lipinski definition) is 0. The van der Waals surface area contributed by atoms with Crippen LogP contribution in [0.2, 0.25) is 0 Å². The maximum absolute atomic E-state index is 4.48. The van der Waals surface area contributed by atoms with Crippen molar-refractivity contribution >= 4 is 50.4 Å². The van der Waals surface area contributed by atoms with Crippen LogP contribution in [0.3, 0.4) is 0 Å². The van der Waals surface area contributed by atoms with Crippen LogP contribution in [0, 0.1) is 0 Å². The van der Waals surface area contributed by atoms with E-state index in [1.807, 2.05) is 0 Å². The number of allylic oxidation sites excluding steroid dienone is 6. The first-order valence-electron chi connectivity index (χ1n) is 16.1. The highest BCUT2D eigenvalue weighted by molar-refractivity contribution is 6.00. The Morgan fingerprint density at radius 2 is 1.19 bits per heavy atom. The molecule has 0 radical (unpaired) electrons. The predicted octanol–water partition coefficient (Wildman–Crippen LogP) is 12.5. The SMILES string of the molecule is C=C1/C=C\C=C/C/C=C\c2c1n(-c1ccc(-c3ccc(N(c4ccccc4)c4cccc5ccccc45)cc3)cc1)c1ccccc21. The summed E-state index contributed by atoms with van der Waals surface area (Å²) in [4.78, 5) is 2.34. The van der Waals surface area contributed by atoms with Gasteiger partial charge in [0.1, 0.15) is 0 Å². The number of aromatic nitrogens is 1. The van der Waals surface area contributed by atoms with Crippen LogP contribution in [-0.4, -0.2) is 4.57 Å². The topological polar surface area (TPSA) is 8.17 Å². The molecule has 1 aromatic heterocycles. The van der Waals surface area contributed by atoms with E-state index in [1.165, 1.54) is 38.4 Å². The lowest BCUT2D eigenvalue weighted by atomic mass is 10.0. The van der Waals surface area contributed by atoms with Crippen LogP contribution in [0.25, 0.3) is 50.1 Å². The van der Waals surface area contributed by atoms with Gasteiger partial charge in [0.2, 0.25) is 0 Å². The highest BCUT2D eigenvalue weighted by Gasteiger charge is 2.19. The smallest absolute Gasteiger partial charge is 0.0607 e. The predicted molar refractivity (Wildman–Crippen MR) is 202 cm³/mol. The molecule has 6 aromatic carbocycles. The molecule has 0 fully saturated rings. The van der Waals surface area contributed by atoms with Gasteiger partial charge in [-0.3, -0.25) is 0 Å². The molecular weight excluding hydrogens is 569 g/mol. The van der Waals surface area contributed by atoms with E-state index in [4.69, 9.17) is 0 Å². The second-order valence-corrected chi connectivity index (χ2v) is 11.8. The van der Waals surface area contributed by atoms with E-state index < -0.39 is 0 Å². The van der Waals surface area contributed by atoms with Crippen molar-refractivity contribution in [1.82, 2.24) is 4.57 Å². The minimum atomic E-state index is 0.897. The number of para-hydroxylation sites is 2. The summed E-state index contributed by atoms with van der Waals surface area (Å²) in [5, 5.41) is 3.68. The minimum Gasteiger partial charge on any atom is -0.310 e. The summed E-state index contributed by atoms with van der Waals surface area (Å²) in [6.07, 6.45) is 13.8. The van der Waals surface area contributed by atoms with Crippen LogP contribution in [0.5, 0.6) is 0 Å². The molecule has 7 aromatic rings. The van der Waals surface area contributed by atoms with Crippen LogP contribution >= 0.6 is 0 Å². The van der Waals surface area contributed by atoms with Crippen LogP contribution in [0.1, 0.15) is 17.7 Å². The molecule has 0 saturated heterocycles. The zero-order chi connectivity index (χ0) is 31.6. The average molecular weight is 603 g/mol. The van der Waals surface area contributed by atoms with E-state index in [0.717, 1.165) is 40.4 Å². The van der Waals surface area contributed by atoms with Gasteiger partial charge in [0.25, 0.3) is 0 Å². The van der Waals surface area contributed by atoms with Gasteiger partial charge in [-0.15, -0.1) is 0 Å². The Bertz CT molecular complexity index is 2310. The monoisotopic (exact) mass is 602 g/mol. The first-order valence-corrected chi connectivity index (χ1v) is 16.1. The molecule has 0 spiro atoms. The Kier molecular flexibility index (Phi) is 7.45. The Morgan fingerprint density at radius 1 is 0.532 bits per heavy atom.